The van der Waals surface area contributed by atoms with Gasteiger partial charge in [0.05, 0.1) is 25.2 Å². The van der Waals surface area contributed by atoms with Crippen molar-refractivity contribution in [1.82, 2.24) is 15.0 Å². The summed E-state index contributed by atoms with van der Waals surface area (Å²) in [7, 11) is 3.57. The zero-order valence-electron chi connectivity index (χ0n) is 10.9. The second kappa shape index (κ2) is 6.06. The van der Waals surface area contributed by atoms with Gasteiger partial charge in [-0.2, -0.15) is 0 Å². The number of imidazole rings is 1. The van der Waals surface area contributed by atoms with Gasteiger partial charge in [-0.05, 0) is 30.2 Å². The zero-order valence-corrected chi connectivity index (χ0v) is 11.7. The summed E-state index contributed by atoms with van der Waals surface area (Å²) in [6.45, 7) is 0. The molecule has 0 aliphatic heterocycles. The lowest BCUT2D eigenvalue weighted by atomic mass is 10.0. The number of nitrogens with two attached hydrogens (primary N) is 1. The summed E-state index contributed by atoms with van der Waals surface area (Å²) >= 11 is 6.03. The van der Waals surface area contributed by atoms with Crippen LogP contribution in [-0.2, 0) is 13.5 Å². The van der Waals surface area contributed by atoms with Gasteiger partial charge in [0.25, 0.3) is 0 Å². The van der Waals surface area contributed by atoms with Gasteiger partial charge < -0.3 is 9.30 Å². The van der Waals surface area contributed by atoms with Gasteiger partial charge in [0, 0.05) is 18.3 Å². The summed E-state index contributed by atoms with van der Waals surface area (Å²) in [5, 5.41) is 0.677. The summed E-state index contributed by atoms with van der Waals surface area (Å²) < 4.78 is 7.28. The van der Waals surface area contributed by atoms with E-state index in [1.165, 1.54) is 0 Å². The monoisotopic (exact) mass is 280 g/mol. The first-order valence-corrected chi connectivity index (χ1v) is 6.28. The van der Waals surface area contributed by atoms with Crippen LogP contribution in [0.5, 0.6) is 5.75 Å². The van der Waals surface area contributed by atoms with Crippen LogP contribution in [0, 0.1) is 0 Å². The van der Waals surface area contributed by atoms with Crippen molar-refractivity contribution in [3.8, 4) is 5.75 Å². The molecule has 0 aliphatic carbocycles. The Morgan fingerprint density at radius 1 is 1.53 bits per heavy atom. The highest BCUT2D eigenvalue weighted by molar-refractivity contribution is 6.30. The summed E-state index contributed by atoms with van der Waals surface area (Å²) in [5.41, 5.74) is 4.81. The van der Waals surface area contributed by atoms with Gasteiger partial charge in [-0.1, -0.05) is 11.6 Å². The lowest BCUT2D eigenvalue weighted by Gasteiger charge is -2.18. The van der Waals surface area contributed by atoms with Crippen LogP contribution >= 0.6 is 11.6 Å². The zero-order chi connectivity index (χ0) is 13.8. The highest BCUT2D eigenvalue weighted by Crippen LogP contribution is 2.27. The van der Waals surface area contributed by atoms with Gasteiger partial charge in [-0.25, -0.2) is 4.98 Å². The van der Waals surface area contributed by atoms with E-state index in [9.17, 15) is 0 Å². The average molecular weight is 281 g/mol. The van der Waals surface area contributed by atoms with Gasteiger partial charge >= 0.3 is 0 Å². The fourth-order valence-electron chi connectivity index (χ4n) is 2.08. The maximum Gasteiger partial charge on any atom is 0.122 e. The predicted octanol–water partition coefficient (Wildman–Crippen LogP) is 1.83. The number of aryl methyl sites for hydroxylation is 1. The second-order valence-electron chi connectivity index (χ2n) is 4.31. The number of halogens is 1. The molecule has 1 unspecified atom stereocenters. The standard InChI is InChI=1S/C13H17ClN4O/c1-18-8-16-7-12(18)11(17-15)6-9-5-10(14)3-4-13(9)19-2/h3-5,7-8,11,17H,6,15H2,1-2H3. The normalized spacial score (nSPS) is 12.4. The Balaban J connectivity index is 2.28. The molecule has 0 saturated carbocycles. The molecule has 1 aromatic carbocycles. The number of rotatable bonds is 5. The lowest BCUT2D eigenvalue weighted by molar-refractivity contribution is 0.404. The number of hydrazine groups is 1. The van der Waals surface area contributed by atoms with Crippen LogP contribution in [0.15, 0.2) is 30.7 Å². The molecule has 0 bridgehead atoms. The molecule has 2 rings (SSSR count). The van der Waals surface area contributed by atoms with Crippen LogP contribution in [0.4, 0.5) is 0 Å². The molecule has 1 aromatic heterocycles. The van der Waals surface area contributed by atoms with E-state index in [1.54, 1.807) is 25.7 Å². The minimum absolute atomic E-state index is 0.0557. The predicted molar refractivity (Wildman–Crippen MR) is 75.0 cm³/mol. The summed E-state index contributed by atoms with van der Waals surface area (Å²) in [4.78, 5) is 4.10. The Morgan fingerprint density at radius 3 is 2.89 bits per heavy atom. The number of aromatic nitrogens is 2. The van der Waals surface area contributed by atoms with Crippen LogP contribution in [-0.4, -0.2) is 16.7 Å². The molecule has 0 saturated heterocycles. The number of nitrogens with zero attached hydrogens (tertiary/aromatic N) is 2. The first-order chi connectivity index (χ1) is 9.15. The van der Waals surface area contributed by atoms with E-state index in [0.29, 0.717) is 11.4 Å². The van der Waals surface area contributed by atoms with Gasteiger partial charge in [0.2, 0.25) is 0 Å². The molecule has 0 fully saturated rings. The number of benzene rings is 1. The number of ether oxygens (including phenoxy) is 1. The molecular weight excluding hydrogens is 264 g/mol. The van der Waals surface area contributed by atoms with Crippen molar-refractivity contribution in [2.45, 2.75) is 12.5 Å². The van der Waals surface area contributed by atoms with Crippen LogP contribution in [0.2, 0.25) is 5.02 Å². The third kappa shape index (κ3) is 3.07. The third-order valence-electron chi connectivity index (χ3n) is 3.08. The quantitative estimate of drug-likeness (QED) is 0.648. The van der Waals surface area contributed by atoms with Crippen molar-refractivity contribution in [3.63, 3.8) is 0 Å². The smallest absolute Gasteiger partial charge is 0.122 e. The van der Waals surface area contributed by atoms with Crippen molar-refractivity contribution in [2.24, 2.45) is 12.9 Å². The minimum Gasteiger partial charge on any atom is -0.496 e. The van der Waals surface area contributed by atoms with Gasteiger partial charge in [-0.3, -0.25) is 11.3 Å². The van der Waals surface area contributed by atoms with E-state index in [-0.39, 0.29) is 6.04 Å². The molecule has 1 heterocycles. The lowest BCUT2D eigenvalue weighted by Crippen LogP contribution is -2.31. The van der Waals surface area contributed by atoms with Crippen molar-refractivity contribution < 1.29 is 4.74 Å². The molecule has 0 aliphatic rings. The fourth-order valence-corrected chi connectivity index (χ4v) is 2.27. The van der Waals surface area contributed by atoms with E-state index >= 15 is 0 Å². The van der Waals surface area contributed by atoms with Crippen molar-refractivity contribution in [2.75, 3.05) is 7.11 Å². The molecular formula is C13H17ClN4O. The SMILES string of the molecule is COc1ccc(Cl)cc1CC(NN)c1cncn1C. The number of nitrogens with one attached hydrogen (secondary N) is 1. The molecule has 5 nitrogen and oxygen atoms in total. The van der Waals surface area contributed by atoms with Crippen molar-refractivity contribution >= 4 is 11.6 Å². The van der Waals surface area contributed by atoms with Gasteiger partial charge in [0.1, 0.15) is 5.75 Å². The minimum atomic E-state index is -0.0557. The Labute approximate surface area is 117 Å². The van der Waals surface area contributed by atoms with Gasteiger partial charge in [-0.15, -0.1) is 0 Å². The Morgan fingerprint density at radius 2 is 2.32 bits per heavy atom. The summed E-state index contributed by atoms with van der Waals surface area (Å²) in [5.74, 6) is 6.44. The van der Waals surface area contributed by atoms with Crippen LogP contribution in [0.25, 0.3) is 0 Å². The highest BCUT2D eigenvalue weighted by Gasteiger charge is 2.16. The Bertz CT molecular complexity index is 555. The van der Waals surface area contributed by atoms with Gasteiger partial charge in [0.15, 0.2) is 0 Å². The third-order valence-corrected chi connectivity index (χ3v) is 3.31. The average Bonchev–Trinajstić information content (AvgIpc) is 2.82. The van der Waals surface area contributed by atoms with Crippen LogP contribution in [0.3, 0.4) is 0 Å². The second-order valence-corrected chi connectivity index (χ2v) is 4.75. The first-order valence-electron chi connectivity index (χ1n) is 5.90. The van der Waals surface area contributed by atoms with E-state index in [2.05, 4.69) is 10.4 Å². The topological polar surface area (TPSA) is 65.1 Å². The van der Waals surface area contributed by atoms with Crippen LogP contribution < -0.4 is 16.0 Å². The first kappa shape index (κ1) is 13.9. The highest BCUT2D eigenvalue weighted by atomic mass is 35.5. The van der Waals surface area contributed by atoms with E-state index in [0.717, 1.165) is 17.0 Å². The van der Waals surface area contributed by atoms with Crippen molar-refractivity contribution in [1.29, 1.82) is 0 Å². The van der Waals surface area contributed by atoms with E-state index in [1.807, 2.05) is 23.7 Å². The largest absolute Gasteiger partial charge is 0.496 e. The molecule has 1 atom stereocenters. The molecule has 0 spiro atoms. The maximum absolute atomic E-state index is 6.03. The molecule has 2 aromatic rings. The Kier molecular flexibility index (Phi) is 4.42. The number of methoxy groups -OCH3 is 1. The molecule has 3 N–H and O–H groups in total. The fraction of sp³-hybridized carbons (Fsp3) is 0.308. The van der Waals surface area contributed by atoms with E-state index < -0.39 is 0 Å². The number of hydrogen-bond donors (Lipinski definition) is 2. The molecule has 0 radical (unpaired) electrons. The molecule has 19 heavy (non-hydrogen) atoms. The summed E-state index contributed by atoms with van der Waals surface area (Å²) in [6, 6.07) is 5.49. The number of hydrogen-bond acceptors (Lipinski definition) is 4. The molecule has 6 heteroatoms. The maximum atomic E-state index is 6.03. The van der Waals surface area contributed by atoms with Crippen molar-refractivity contribution in [3.05, 3.63) is 47.0 Å². The molecule has 102 valence electrons. The Hall–Kier alpha value is -1.56. The van der Waals surface area contributed by atoms with E-state index in [4.69, 9.17) is 22.2 Å². The summed E-state index contributed by atoms with van der Waals surface area (Å²) in [6.07, 6.45) is 4.20. The van der Waals surface area contributed by atoms with Crippen LogP contribution in [0.1, 0.15) is 17.3 Å². The molecule has 0 amide bonds.